The normalized spacial score (nSPS) is 11.3. The van der Waals surface area contributed by atoms with Crippen LogP contribution in [0.2, 0.25) is 0 Å². The first-order valence-electron chi connectivity index (χ1n) is 8.52. The third kappa shape index (κ3) is 4.07. The SMILES string of the molecule is COc1cccc(NC(=O)C(C#N)C(=O)c2ccc(-n3cc(C)cn3)cc2)c1. The van der Waals surface area contributed by atoms with E-state index < -0.39 is 17.6 Å². The maximum Gasteiger partial charge on any atom is 0.249 e. The van der Waals surface area contributed by atoms with Crippen molar-refractivity contribution in [2.24, 2.45) is 5.92 Å². The van der Waals surface area contributed by atoms with E-state index in [9.17, 15) is 14.9 Å². The van der Waals surface area contributed by atoms with Gasteiger partial charge in [0, 0.05) is 23.5 Å². The van der Waals surface area contributed by atoms with Gasteiger partial charge in [0.25, 0.3) is 0 Å². The zero-order chi connectivity index (χ0) is 20.1. The van der Waals surface area contributed by atoms with Crippen LogP contribution in [0.25, 0.3) is 5.69 Å². The topological polar surface area (TPSA) is 97.0 Å². The molecule has 0 aliphatic rings. The third-order valence-corrected chi connectivity index (χ3v) is 4.12. The molecule has 140 valence electrons. The van der Waals surface area contributed by atoms with Crippen molar-refractivity contribution in [2.75, 3.05) is 12.4 Å². The highest BCUT2D eigenvalue weighted by Gasteiger charge is 2.27. The number of hydrogen-bond donors (Lipinski definition) is 1. The van der Waals surface area contributed by atoms with Crippen LogP contribution in [-0.2, 0) is 4.79 Å². The molecule has 0 aliphatic carbocycles. The number of nitrogens with zero attached hydrogens (tertiary/aromatic N) is 3. The fourth-order valence-corrected chi connectivity index (χ4v) is 2.65. The Bertz CT molecular complexity index is 1050. The number of ether oxygens (including phenoxy) is 1. The van der Waals surface area contributed by atoms with E-state index in [1.807, 2.05) is 13.1 Å². The first-order valence-corrected chi connectivity index (χ1v) is 8.52. The summed E-state index contributed by atoms with van der Waals surface area (Å²) >= 11 is 0. The second kappa shape index (κ2) is 8.18. The Morgan fingerprint density at radius 1 is 1.21 bits per heavy atom. The highest BCUT2D eigenvalue weighted by atomic mass is 16.5. The van der Waals surface area contributed by atoms with E-state index in [4.69, 9.17) is 4.74 Å². The molecule has 0 spiro atoms. The zero-order valence-corrected chi connectivity index (χ0v) is 15.4. The summed E-state index contributed by atoms with van der Waals surface area (Å²) in [7, 11) is 1.51. The average Bonchev–Trinajstić information content (AvgIpc) is 3.15. The lowest BCUT2D eigenvalue weighted by molar-refractivity contribution is -0.117. The summed E-state index contributed by atoms with van der Waals surface area (Å²) in [5, 5.41) is 16.2. The Kier molecular flexibility index (Phi) is 5.51. The fraction of sp³-hybridized carbons (Fsp3) is 0.143. The molecule has 1 amide bonds. The predicted molar refractivity (Wildman–Crippen MR) is 103 cm³/mol. The van der Waals surface area contributed by atoms with Crippen molar-refractivity contribution in [2.45, 2.75) is 6.92 Å². The van der Waals surface area contributed by atoms with Gasteiger partial charge in [-0.25, -0.2) is 4.68 Å². The number of ketones is 1. The molecule has 0 aliphatic heterocycles. The summed E-state index contributed by atoms with van der Waals surface area (Å²) in [6.45, 7) is 1.93. The minimum atomic E-state index is -1.45. The van der Waals surface area contributed by atoms with Crippen LogP contribution in [0.5, 0.6) is 5.75 Å². The van der Waals surface area contributed by atoms with Crippen LogP contribution in [0.4, 0.5) is 5.69 Å². The monoisotopic (exact) mass is 374 g/mol. The van der Waals surface area contributed by atoms with Crippen LogP contribution in [0, 0.1) is 24.2 Å². The predicted octanol–water partition coefficient (Wildman–Crippen LogP) is 3.15. The van der Waals surface area contributed by atoms with Crippen molar-refractivity contribution >= 4 is 17.4 Å². The number of benzene rings is 2. The summed E-state index contributed by atoms with van der Waals surface area (Å²) in [4.78, 5) is 25.1. The van der Waals surface area contributed by atoms with Gasteiger partial charge in [-0.2, -0.15) is 10.4 Å². The van der Waals surface area contributed by atoms with Crippen LogP contribution in [0.3, 0.4) is 0 Å². The lowest BCUT2D eigenvalue weighted by atomic mass is 9.97. The van der Waals surface area contributed by atoms with E-state index >= 15 is 0 Å². The highest BCUT2D eigenvalue weighted by Crippen LogP contribution is 2.19. The number of amides is 1. The second-order valence-electron chi connectivity index (χ2n) is 6.16. The molecular weight excluding hydrogens is 356 g/mol. The molecule has 1 unspecified atom stereocenters. The van der Waals surface area contributed by atoms with Crippen molar-refractivity contribution in [3.8, 4) is 17.5 Å². The molecule has 7 nitrogen and oxygen atoms in total. The summed E-state index contributed by atoms with van der Waals surface area (Å²) in [6.07, 6.45) is 3.59. The molecule has 0 saturated heterocycles. The van der Waals surface area contributed by atoms with Gasteiger partial charge in [0.15, 0.2) is 11.7 Å². The molecule has 3 rings (SSSR count). The molecule has 28 heavy (non-hydrogen) atoms. The minimum absolute atomic E-state index is 0.278. The van der Waals surface area contributed by atoms with Gasteiger partial charge in [0.2, 0.25) is 5.91 Å². The van der Waals surface area contributed by atoms with E-state index in [-0.39, 0.29) is 5.56 Å². The zero-order valence-electron chi connectivity index (χ0n) is 15.4. The van der Waals surface area contributed by atoms with Gasteiger partial charge in [-0.05, 0) is 48.9 Å². The number of aromatic nitrogens is 2. The molecule has 1 heterocycles. The number of Topliss-reactive ketones (excluding diaryl/α,β-unsaturated/α-hetero) is 1. The molecular formula is C21H18N4O3. The first kappa shape index (κ1) is 18.9. The second-order valence-corrected chi connectivity index (χ2v) is 6.16. The maximum absolute atomic E-state index is 12.7. The van der Waals surface area contributed by atoms with Gasteiger partial charge >= 0.3 is 0 Å². The molecule has 0 saturated carbocycles. The molecule has 0 fully saturated rings. The summed E-state index contributed by atoms with van der Waals surface area (Å²) < 4.78 is 6.78. The molecule has 1 aromatic heterocycles. The highest BCUT2D eigenvalue weighted by molar-refractivity contribution is 6.15. The minimum Gasteiger partial charge on any atom is -0.497 e. The van der Waals surface area contributed by atoms with E-state index in [1.165, 1.54) is 7.11 Å². The maximum atomic E-state index is 12.7. The van der Waals surface area contributed by atoms with Crippen LogP contribution in [0.1, 0.15) is 15.9 Å². The van der Waals surface area contributed by atoms with Crippen molar-refractivity contribution in [1.82, 2.24) is 9.78 Å². The van der Waals surface area contributed by atoms with E-state index in [0.717, 1.165) is 11.3 Å². The summed E-state index contributed by atoms with van der Waals surface area (Å²) in [5.74, 6) is -2.15. The largest absolute Gasteiger partial charge is 0.497 e. The average molecular weight is 374 g/mol. The molecule has 3 aromatic rings. The van der Waals surface area contributed by atoms with Crippen molar-refractivity contribution < 1.29 is 14.3 Å². The molecule has 0 bridgehead atoms. The van der Waals surface area contributed by atoms with E-state index in [2.05, 4.69) is 10.4 Å². The van der Waals surface area contributed by atoms with E-state index in [0.29, 0.717) is 11.4 Å². The van der Waals surface area contributed by atoms with Crippen LogP contribution >= 0.6 is 0 Å². The van der Waals surface area contributed by atoms with Crippen LogP contribution in [-0.4, -0.2) is 28.6 Å². The van der Waals surface area contributed by atoms with Crippen LogP contribution < -0.4 is 10.1 Å². The van der Waals surface area contributed by atoms with Crippen LogP contribution in [0.15, 0.2) is 60.9 Å². The molecule has 0 radical (unpaired) electrons. The van der Waals surface area contributed by atoms with Gasteiger partial charge in [0.1, 0.15) is 5.75 Å². The Morgan fingerprint density at radius 2 is 1.96 bits per heavy atom. The van der Waals surface area contributed by atoms with Gasteiger partial charge in [-0.1, -0.05) is 6.07 Å². The Hall–Kier alpha value is -3.92. The van der Waals surface area contributed by atoms with Crippen molar-refractivity contribution in [1.29, 1.82) is 5.26 Å². The Labute approximate surface area is 162 Å². The smallest absolute Gasteiger partial charge is 0.249 e. The summed E-state index contributed by atoms with van der Waals surface area (Å²) in [6, 6.07) is 15.1. The van der Waals surface area contributed by atoms with Crippen molar-refractivity contribution in [3.05, 3.63) is 72.1 Å². The number of nitriles is 1. The number of methoxy groups -OCH3 is 1. The number of carbonyl (C=O) groups is 2. The number of rotatable bonds is 6. The Balaban J connectivity index is 1.75. The lowest BCUT2D eigenvalue weighted by Crippen LogP contribution is -2.28. The van der Waals surface area contributed by atoms with Gasteiger partial charge in [-0.3, -0.25) is 9.59 Å². The summed E-state index contributed by atoms with van der Waals surface area (Å²) in [5.41, 5.74) is 2.51. The Morgan fingerprint density at radius 3 is 2.57 bits per heavy atom. The first-order chi connectivity index (χ1) is 13.5. The number of anilines is 1. The van der Waals surface area contributed by atoms with Gasteiger partial charge in [0.05, 0.1) is 25.1 Å². The lowest BCUT2D eigenvalue weighted by Gasteiger charge is -2.11. The molecule has 1 atom stereocenters. The quantitative estimate of drug-likeness (QED) is 0.528. The number of carbonyl (C=O) groups excluding carboxylic acids is 2. The fourth-order valence-electron chi connectivity index (χ4n) is 2.65. The van der Waals surface area contributed by atoms with Gasteiger partial charge in [-0.15, -0.1) is 0 Å². The van der Waals surface area contributed by atoms with Gasteiger partial charge < -0.3 is 10.1 Å². The molecule has 2 aromatic carbocycles. The standard InChI is InChI=1S/C21H18N4O3/c1-14-12-23-25(13-14)17-8-6-15(7-9-17)20(26)19(11-22)21(27)24-16-4-3-5-18(10-16)28-2/h3-10,12-13,19H,1-2H3,(H,24,27). The number of hydrogen-bond acceptors (Lipinski definition) is 5. The van der Waals surface area contributed by atoms with E-state index in [1.54, 1.807) is 65.5 Å². The number of aryl methyl sites for hydroxylation is 1. The molecule has 7 heteroatoms. The third-order valence-electron chi connectivity index (χ3n) is 4.12. The molecule has 1 N–H and O–H groups in total. The number of nitrogens with one attached hydrogen (secondary N) is 1. The van der Waals surface area contributed by atoms with Crippen molar-refractivity contribution in [3.63, 3.8) is 0 Å².